The number of carbonyl (C=O) groups is 1. The highest BCUT2D eigenvalue weighted by molar-refractivity contribution is 6.34. The van der Waals surface area contributed by atoms with Gasteiger partial charge in [-0.2, -0.15) is 0 Å². The van der Waals surface area contributed by atoms with E-state index in [0.29, 0.717) is 10.8 Å². The van der Waals surface area contributed by atoms with E-state index in [2.05, 4.69) is 15.3 Å². The van der Waals surface area contributed by atoms with E-state index in [-0.39, 0.29) is 5.91 Å². The van der Waals surface area contributed by atoms with Gasteiger partial charge in [-0.25, -0.2) is 9.97 Å². The van der Waals surface area contributed by atoms with E-state index in [9.17, 15) is 4.79 Å². The average molecular weight is 222 g/mol. The molecule has 1 heterocycles. The van der Waals surface area contributed by atoms with Crippen molar-refractivity contribution in [1.82, 2.24) is 9.97 Å². The minimum absolute atomic E-state index is 0.123. The van der Waals surface area contributed by atoms with Gasteiger partial charge in [-0.05, 0) is 18.2 Å². The molecule has 1 aromatic carbocycles. The number of nitrogens with zero attached hydrogens (tertiary/aromatic N) is 2. The molecule has 2 rings (SSSR count). The number of anilines is 1. The van der Waals surface area contributed by atoms with Gasteiger partial charge in [0.2, 0.25) is 5.91 Å². The Bertz CT molecular complexity index is 527. The van der Waals surface area contributed by atoms with Crippen molar-refractivity contribution in [2.24, 2.45) is 0 Å². The van der Waals surface area contributed by atoms with Crippen molar-refractivity contribution in [2.45, 2.75) is 6.92 Å². The number of hydrogen-bond acceptors (Lipinski definition) is 3. The third-order valence-electron chi connectivity index (χ3n) is 1.91. The Balaban J connectivity index is 2.54. The van der Waals surface area contributed by atoms with Crippen molar-refractivity contribution in [3.63, 3.8) is 0 Å². The van der Waals surface area contributed by atoms with E-state index < -0.39 is 0 Å². The first kappa shape index (κ1) is 9.86. The number of nitrogens with one attached hydrogen (secondary N) is 1. The third-order valence-corrected chi connectivity index (χ3v) is 2.21. The summed E-state index contributed by atoms with van der Waals surface area (Å²) in [6.45, 7) is 1.45. The summed E-state index contributed by atoms with van der Waals surface area (Å²) in [5, 5.41) is 3.78. The second kappa shape index (κ2) is 3.82. The normalized spacial score (nSPS) is 10.3. The number of halogens is 1. The monoisotopic (exact) mass is 221 g/mol. The van der Waals surface area contributed by atoms with Crippen LogP contribution in [0.25, 0.3) is 10.9 Å². The highest BCUT2D eigenvalue weighted by Crippen LogP contribution is 2.22. The summed E-state index contributed by atoms with van der Waals surface area (Å²) in [6.07, 6.45) is 1.41. The summed E-state index contributed by atoms with van der Waals surface area (Å²) in [4.78, 5) is 18.8. The smallest absolute Gasteiger partial charge is 0.221 e. The molecule has 1 N–H and O–H groups in total. The van der Waals surface area contributed by atoms with Crippen LogP contribution in [0.1, 0.15) is 6.92 Å². The van der Waals surface area contributed by atoms with Crippen LogP contribution in [-0.4, -0.2) is 15.9 Å². The highest BCUT2D eigenvalue weighted by Gasteiger charge is 2.03. The van der Waals surface area contributed by atoms with Crippen LogP contribution in [0, 0.1) is 0 Å². The first-order valence-electron chi connectivity index (χ1n) is 4.34. The molecule has 0 saturated carbocycles. The lowest BCUT2D eigenvalue weighted by atomic mass is 10.2. The van der Waals surface area contributed by atoms with Crippen LogP contribution in [0.5, 0.6) is 0 Å². The fourth-order valence-electron chi connectivity index (χ4n) is 1.31. The van der Waals surface area contributed by atoms with Crippen LogP contribution in [-0.2, 0) is 4.79 Å². The molecule has 0 aliphatic rings. The Morgan fingerprint density at radius 2 is 2.20 bits per heavy atom. The van der Waals surface area contributed by atoms with E-state index in [4.69, 9.17) is 11.6 Å². The summed E-state index contributed by atoms with van der Waals surface area (Å²) in [6, 6.07) is 5.31. The maximum atomic E-state index is 10.9. The molecular weight excluding hydrogens is 214 g/mol. The van der Waals surface area contributed by atoms with E-state index in [1.165, 1.54) is 13.3 Å². The number of hydrogen-bond donors (Lipinski definition) is 1. The molecule has 0 aliphatic carbocycles. The van der Waals surface area contributed by atoms with Gasteiger partial charge < -0.3 is 5.32 Å². The number of amides is 1. The molecule has 4 nitrogen and oxygen atoms in total. The summed E-state index contributed by atoms with van der Waals surface area (Å²) in [7, 11) is 0. The number of aromatic nitrogens is 2. The zero-order valence-electron chi connectivity index (χ0n) is 7.99. The number of fused-ring (bicyclic) bond motifs is 1. The Kier molecular flexibility index (Phi) is 2.51. The largest absolute Gasteiger partial charge is 0.326 e. The van der Waals surface area contributed by atoms with Crippen LogP contribution in [0.2, 0.25) is 5.15 Å². The van der Waals surface area contributed by atoms with Crippen LogP contribution in [0.15, 0.2) is 24.5 Å². The molecule has 1 aromatic heterocycles. The molecule has 0 saturated heterocycles. The lowest BCUT2D eigenvalue weighted by molar-refractivity contribution is -0.114. The van der Waals surface area contributed by atoms with E-state index >= 15 is 0 Å². The fourth-order valence-corrected chi connectivity index (χ4v) is 1.50. The van der Waals surface area contributed by atoms with Crippen LogP contribution in [0.3, 0.4) is 0 Å². The molecule has 0 atom stereocenters. The average Bonchev–Trinajstić information content (AvgIpc) is 2.18. The molecule has 0 unspecified atom stereocenters. The summed E-state index contributed by atoms with van der Waals surface area (Å²) >= 11 is 5.90. The SMILES string of the molecule is CC(=O)Nc1ccc2ncnc(Cl)c2c1. The molecule has 1 amide bonds. The molecule has 76 valence electrons. The summed E-state index contributed by atoms with van der Waals surface area (Å²) in [5.41, 5.74) is 1.44. The van der Waals surface area contributed by atoms with Crippen molar-refractivity contribution < 1.29 is 4.79 Å². The maximum absolute atomic E-state index is 10.9. The van der Waals surface area contributed by atoms with Crippen LogP contribution < -0.4 is 5.32 Å². The molecule has 0 aliphatic heterocycles. The molecule has 0 radical (unpaired) electrons. The topological polar surface area (TPSA) is 54.9 Å². The maximum Gasteiger partial charge on any atom is 0.221 e. The Hall–Kier alpha value is -1.68. The predicted molar refractivity (Wildman–Crippen MR) is 58.9 cm³/mol. The Morgan fingerprint density at radius 3 is 2.93 bits per heavy atom. The van der Waals surface area contributed by atoms with Crippen molar-refractivity contribution >= 4 is 34.1 Å². The Labute approximate surface area is 91.3 Å². The first-order valence-corrected chi connectivity index (χ1v) is 4.72. The zero-order valence-corrected chi connectivity index (χ0v) is 8.75. The number of carbonyl (C=O) groups excluding carboxylic acids is 1. The standard InChI is InChI=1S/C10H8ClN3O/c1-6(15)14-7-2-3-9-8(4-7)10(11)13-5-12-9/h2-5H,1H3,(H,14,15). The second-order valence-electron chi connectivity index (χ2n) is 3.08. The molecule has 0 fully saturated rings. The molecule has 2 aromatic rings. The van der Waals surface area contributed by atoms with Gasteiger partial charge >= 0.3 is 0 Å². The predicted octanol–water partition coefficient (Wildman–Crippen LogP) is 2.24. The van der Waals surface area contributed by atoms with E-state index in [0.717, 1.165) is 10.9 Å². The van der Waals surface area contributed by atoms with Crippen LogP contribution >= 0.6 is 11.6 Å². The van der Waals surface area contributed by atoms with Crippen molar-refractivity contribution in [3.05, 3.63) is 29.7 Å². The number of rotatable bonds is 1. The van der Waals surface area contributed by atoms with Gasteiger partial charge in [0.05, 0.1) is 5.52 Å². The molecule has 15 heavy (non-hydrogen) atoms. The van der Waals surface area contributed by atoms with Crippen molar-refractivity contribution in [2.75, 3.05) is 5.32 Å². The van der Waals surface area contributed by atoms with Gasteiger partial charge in [0.25, 0.3) is 0 Å². The van der Waals surface area contributed by atoms with Gasteiger partial charge in [-0.15, -0.1) is 0 Å². The van der Waals surface area contributed by atoms with Gasteiger partial charge in [0.1, 0.15) is 11.5 Å². The Morgan fingerprint density at radius 1 is 1.40 bits per heavy atom. The quantitative estimate of drug-likeness (QED) is 0.752. The van der Waals surface area contributed by atoms with Gasteiger partial charge in [-0.3, -0.25) is 4.79 Å². The van der Waals surface area contributed by atoms with Gasteiger partial charge in [0, 0.05) is 18.0 Å². The van der Waals surface area contributed by atoms with Crippen molar-refractivity contribution in [3.8, 4) is 0 Å². The highest BCUT2D eigenvalue weighted by atomic mass is 35.5. The van der Waals surface area contributed by atoms with E-state index in [1.807, 2.05) is 0 Å². The van der Waals surface area contributed by atoms with Gasteiger partial charge in [0.15, 0.2) is 0 Å². The fraction of sp³-hybridized carbons (Fsp3) is 0.100. The second-order valence-corrected chi connectivity index (χ2v) is 3.44. The van der Waals surface area contributed by atoms with Crippen LogP contribution in [0.4, 0.5) is 5.69 Å². The minimum atomic E-state index is -0.123. The lowest BCUT2D eigenvalue weighted by Crippen LogP contribution is -2.05. The molecular formula is C10H8ClN3O. The first-order chi connectivity index (χ1) is 7.16. The third kappa shape index (κ3) is 2.05. The summed E-state index contributed by atoms with van der Waals surface area (Å²) < 4.78 is 0. The zero-order chi connectivity index (χ0) is 10.8. The molecule has 0 spiro atoms. The molecule has 0 bridgehead atoms. The summed E-state index contributed by atoms with van der Waals surface area (Å²) in [5.74, 6) is -0.123. The lowest BCUT2D eigenvalue weighted by Gasteiger charge is -2.03. The number of benzene rings is 1. The van der Waals surface area contributed by atoms with E-state index in [1.54, 1.807) is 18.2 Å². The molecule has 5 heteroatoms. The minimum Gasteiger partial charge on any atom is -0.326 e. The van der Waals surface area contributed by atoms with Crippen molar-refractivity contribution in [1.29, 1.82) is 0 Å². The van der Waals surface area contributed by atoms with Gasteiger partial charge in [-0.1, -0.05) is 11.6 Å².